The number of amides is 2. The van der Waals surface area contributed by atoms with Gasteiger partial charge in [-0.3, -0.25) is 19.4 Å². The number of methoxy groups -OCH3 is 6. The molecule has 0 unspecified atom stereocenters. The molecule has 1 saturated heterocycles. The number of carbonyl (C=O) groups is 2. The Kier molecular flexibility index (Phi) is 19.8. The number of rotatable bonds is 19. The smallest absolute Gasteiger partial charge is 0.240 e. The fourth-order valence-corrected chi connectivity index (χ4v) is 11.6. The largest absolute Gasteiger partial charge is 0.493 e. The summed E-state index contributed by atoms with van der Waals surface area (Å²) in [6.07, 6.45) is 14.7. The van der Waals surface area contributed by atoms with Gasteiger partial charge in [0.05, 0.1) is 77.8 Å². The number of nitrogens with one attached hydrogen (secondary N) is 2. The average Bonchev–Trinajstić information content (AvgIpc) is 4.41. The summed E-state index contributed by atoms with van der Waals surface area (Å²) in [4.78, 5) is 57.4. The standard InChI is InChI=1S/C31H36N8O4.C26H27ClN6O3.C6H11NO/c1-41-25-14-21(15-26(42-2)28(25)43-3)38-18-27(33-19-38)35-30-22-11-13-37(16-20-8-5-4-6-9-20)17-23(22)34-31(36-30)39-12-7-10-24(39)29(32)40;1-34-21-11-18(12-22(35-2)24(21)36-3)33-15-23(28-16-33)30-25-19-9-10-32(13-17-7-5-4-6-8-17)14-20(19)29-26(27)31-25;7-6(8)5-3-1-2-4-5/h4-6,8-9,14-15,18-19,24H,7,10-13,16-17H2,1-3H3,(H2,32,40)(H,34,35,36);4-8,11-12,15-16H,9-10,13-14H2,1-3H3,(H,29,30,31);5H,1-4H2,(H2,7,8)/t24-;;/m0../s1. The van der Waals surface area contributed by atoms with Gasteiger partial charge in [0.1, 0.15) is 42.0 Å². The second-order valence-corrected chi connectivity index (χ2v) is 21.8. The Bertz CT molecular complexity index is 3610. The SMILES string of the molecule is COc1cc(-n2cnc(Nc3nc(Cl)nc4c3CCN(Cc3ccccc3)C4)c2)cc(OC)c1OC.COc1cc(-n2cnc(Nc3nc(N4CCC[C@H]4C(N)=O)nc4c3CCN(Cc3ccccc3)C4)c2)cc(OC)c1OC.NC(=O)C1CCCC1. The van der Waals surface area contributed by atoms with Gasteiger partial charge >= 0.3 is 0 Å². The van der Waals surface area contributed by atoms with Crippen molar-refractivity contribution in [2.24, 2.45) is 17.4 Å². The van der Waals surface area contributed by atoms with E-state index in [0.29, 0.717) is 89.8 Å². The van der Waals surface area contributed by atoms with Gasteiger partial charge in [-0.1, -0.05) is 73.5 Å². The highest BCUT2D eigenvalue weighted by atomic mass is 35.5. The first kappa shape index (κ1) is 60.9. The van der Waals surface area contributed by atoms with Crippen LogP contribution < -0.4 is 55.4 Å². The molecule has 8 aromatic rings. The maximum Gasteiger partial charge on any atom is 0.240 e. The van der Waals surface area contributed by atoms with E-state index in [0.717, 1.165) is 92.2 Å². The fraction of sp³-hybridized carbons (Fsp3) is 0.365. The lowest BCUT2D eigenvalue weighted by Gasteiger charge is -2.31. The molecule has 4 aliphatic rings. The number of primary amides is 2. The molecule has 1 saturated carbocycles. The molecule has 1 atom stereocenters. The van der Waals surface area contributed by atoms with Crippen LogP contribution in [-0.2, 0) is 48.6 Å². The lowest BCUT2D eigenvalue weighted by Crippen LogP contribution is -2.41. The quantitative estimate of drug-likeness (QED) is 0.0551. The molecule has 7 heterocycles. The molecular formula is C63H74ClN15O8. The van der Waals surface area contributed by atoms with Crippen LogP contribution in [0.25, 0.3) is 11.4 Å². The molecule has 0 spiro atoms. The normalized spacial score (nSPS) is 15.6. The molecule has 1 aliphatic carbocycles. The van der Waals surface area contributed by atoms with Gasteiger partial charge in [-0.15, -0.1) is 0 Å². The summed E-state index contributed by atoms with van der Waals surface area (Å²) in [5, 5.41) is 6.99. The number of halogens is 1. The molecule has 24 heteroatoms. The third-order valence-electron chi connectivity index (χ3n) is 15.9. The Balaban J connectivity index is 0.000000172. The van der Waals surface area contributed by atoms with Crippen LogP contribution in [0.3, 0.4) is 0 Å². The number of nitrogens with zero attached hydrogens (tertiary/aromatic N) is 11. The highest BCUT2D eigenvalue weighted by molar-refractivity contribution is 6.28. The first-order chi connectivity index (χ1) is 42.3. The lowest BCUT2D eigenvalue weighted by atomic mass is 10.0. The van der Waals surface area contributed by atoms with Gasteiger partial charge in [-0.25, -0.2) is 24.9 Å². The summed E-state index contributed by atoms with van der Waals surface area (Å²) >= 11 is 6.31. The van der Waals surface area contributed by atoms with Gasteiger partial charge in [0, 0.05) is 87.1 Å². The maximum absolute atomic E-state index is 12.2. The van der Waals surface area contributed by atoms with Crippen LogP contribution in [0.1, 0.15) is 72.2 Å². The first-order valence-corrected chi connectivity index (χ1v) is 29.3. The topological polar surface area (TPSA) is 263 Å². The number of ether oxygens (including phenoxy) is 6. The van der Waals surface area contributed by atoms with Gasteiger partial charge < -0.3 is 64.6 Å². The van der Waals surface area contributed by atoms with Gasteiger partial charge in [-0.05, 0) is 61.3 Å². The highest BCUT2D eigenvalue weighted by Crippen LogP contribution is 2.41. The molecule has 12 rings (SSSR count). The van der Waals surface area contributed by atoms with Gasteiger partial charge in [-0.2, -0.15) is 4.98 Å². The van der Waals surface area contributed by atoms with E-state index in [1.165, 1.54) is 24.0 Å². The van der Waals surface area contributed by atoms with E-state index in [2.05, 4.69) is 88.9 Å². The van der Waals surface area contributed by atoms with Crippen LogP contribution in [0.2, 0.25) is 5.28 Å². The number of hydrogen-bond acceptors (Lipinski definition) is 19. The minimum Gasteiger partial charge on any atom is -0.493 e. The molecule has 2 amide bonds. The monoisotopic (exact) mass is 1200 g/mol. The van der Waals surface area contributed by atoms with Crippen molar-refractivity contribution < 1.29 is 38.0 Å². The Morgan fingerprint density at radius 1 is 0.563 bits per heavy atom. The first-order valence-electron chi connectivity index (χ1n) is 28.9. The van der Waals surface area contributed by atoms with Crippen LogP contribution in [-0.4, -0.2) is 129 Å². The molecule has 2 fully saturated rings. The molecule has 456 valence electrons. The van der Waals surface area contributed by atoms with E-state index in [1.54, 1.807) is 55.3 Å². The Hall–Kier alpha value is -9.19. The second kappa shape index (κ2) is 28.3. The number of fused-ring (bicyclic) bond motifs is 2. The number of aromatic nitrogens is 8. The van der Waals surface area contributed by atoms with E-state index in [4.69, 9.17) is 61.5 Å². The molecule has 0 radical (unpaired) electrons. The molecule has 3 aliphatic heterocycles. The predicted octanol–water partition coefficient (Wildman–Crippen LogP) is 8.75. The van der Waals surface area contributed by atoms with Crippen LogP contribution in [0, 0.1) is 5.92 Å². The highest BCUT2D eigenvalue weighted by Gasteiger charge is 2.33. The molecule has 23 nitrogen and oxygen atoms in total. The molecular weight excluding hydrogens is 1130 g/mol. The van der Waals surface area contributed by atoms with Crippen molar-refractivity contribution in [1.29, 1.82) is 0 Å². The van der Waals surface area contributed by atoms with Crippen LogP contribution in [0.15, 0.2) is 110 Å². The maximum atomic E-state index is 12.2. The minimum absolute atomic E-state index is 0.109. The number of hydrogen-bond donors (Lipinski definition) is 4. The summed E-state index contributed by atoms with van der Waals surface area (Å²) in [7, 11) is 9.50. The Morgan fingerprint density at radius 2 is 1.02 bits per heavy atom. The van der Waals surface area contributed by atoms with Gasteiger partial charge in [0.2, 0.25) is 34.5 Å². The Morgan fingerprint density at radius 3 is 1.45 bits per heavy atom. The van der Waals surface area contributed by atoms with Crippen molar-refractivity contribution in [1.82, 2.24) is 48.8 Å². The number of nitrogens with two attached hydrogens (primary N) is 2. The summed E-state index contributed by atoms with van der Waals surface area (Å²) in [6, 6.07) is 27.9. The molecule has 6 N–H and O–H groups in total. The van der Waals surface area contributed by atoms with E-state index in [9.17, 15) is 9.59 Å². The van der Waals surface area contributed by atoms with E-state index >= 15 is 0 Å². The second-order valence-electron chi connectivity index (χ2n) is 21.4. The molecule has 0 bridgehead atoms. The van der Waals surface area contributed by atoms with Crippen molar-refractivity contribution in [3.63, 3.8) is 0 Å². The summed E-state index contributed by atoms with van der Waals surface area (Å²) < 4.78 is 36.6. The van der Waals surface area contributed by atoms with Crippen LogP contribution >= 0.6 is 11.6 Å². The Labute approximate surface area is 510 Å². The lowest BCUT2D eigenvalue weighted by molar-refractivity contribution is -0.121. The van der Waals surface area contributed by atoms with Gasteiger partial charge in [0.25, 0.3) is 0 Å². The zero-order valence-electron chi connectivity index (χ0n) is 49.9. The number of anilines is 5. The van der Waals surface area contributed by atoms with E-state index < -0.39 is 6.04 Å². The third kappa shape index (κ3) is 14.6. The number of carbonyl (C=O) groups excluding carboxylic acids is 2. The molecule has 4 aromatic heterocycles. The zero-order chi connectivity index (χ0) is 61.0. The molecule has 4 aromatic carbocycles. The molecule has 87 heavy (non-hydrogen) atoms. The van der Waals surface area contributed by atoms with Crippen molar-refractivity contribution >= 4 is 52.6 Å². The third-order valence-corrected chi connectivity index (χ3v) is 16.1. The predicted molar refractivity (Wildman–Crippen MR) is 331 cm³/mol. The summed E-state index contributed by atoms with van der Waals surface area (Å²) in [5.41, 5.74) is 18.9. The van der Waals surface area contributed by atoms with Crippen molar-refractivity contribution in [2.45, 2.75) is 83.6 Å². The summed E-state index contributed by atoms with van der Waals surface area (Å²) in [5.74, 6) is 6.12. The number of imidazole rings is 2. The fourth-order valence-electron chi connectivity index (χ4n) is 11.5. The summed E-state index contributed by atoms with van der Waals surface area (Å²) in [6.45, 7) is 5.52. The van der Waals surface area contributed by atoms with Crippen molar-refractivity contribution in [3.05, 3.63) is 149 Å². The zero-order valence-corrected chi connectivity index (χ0v) is 50.6. The van der Waals surface area contributed by atoms with E-state index in [1.807, 2.05) is 62.8 Å². The van der Waals surface area contributed by atoms with Crippen LogP contribution in [0.5, 0.6) is 34.5 Å². The van der Waals surface area contributed by atoms with E-state index in [-0.39, 0.29) is 23.0 Å². The van der Waals surface area contributed by atoms with Gasteiger partial charge in [0.15, 0.2) is 23.0 Å². The average molecular weight is 1200 g/mol. The van der Waals surface area contributed by atoms with Crippen molar-refractivity contribution in [3.8, 4) is 45.9 Å². The number of benzene rings is 4. The van der Waals surface area contributed by atoms with Crippen LogP contribution in [0.4, 0.5) is 29.2 Å². The van der Waals surface area contributed by atoms with Crippen molar-refractivity contribution in [2.75, 3.05) is 77.8 Å². The minimum atomic E-state index is -0.422.